The molecule has 27 heavy (non-hydrogen) atoms. The average molecular weight is 424 g/mol. The zero-order valence-corrected chi connectivity index (χ0v) is 17.0. The highest BCUT2D eigenvalue weighted by atomic mass is 35.5. The molecule has 0 fully saturated rings. The summed E-state index contributed by atoms with van der Waals surface area (Å²) in [4.78, 5) is 0.273. The van der Waals surface area contributed by atoms with E-state index < -0.39 is 9.84 Å². The van der Waals surface area contributed by atoms with Crippen molar-refractivity contribution in [3.63, 3.8) is 0 Å². The first-order valence-corrected chi connectivity index (χ1v) is 11.1. The SMILES string of the molecule is Cn1c(CS(=O)(=O)c2ccccc2)nnc1SCCOc1ccccc1Cl. The fourth-order valence-electron chi connectivity index (χ4n) is 2.32. The summed E-state index contributed by atoms with van der Waals surface area (Å²) in [6.45, 7) is 0.443. The molecule has 0 bridgehead atoms. The molecule has 0 aliphatic rings. The van der Waals surface area contributed by atoms with Crippen LogP contribution in [0.2, 0.25) is 5.02 Å². The summed E-state index contributed by atoms with van der Waals surface area (Å²) in [7, 11) is -1.70. The minimum Gasteiger partial charge on any atom is -0.491 e. The van der Waals surface area contributed by atoms with Crippen molar-refractivity contribution in [2.75, 3.05) is 12.4 Å². The van der Waals surface area contributed by atoms with Crippen LogP contribution in [0.1, 0.15) is 5.82 Å². The largest absolute Gasteiger partial charge is 0.491 e. The monoisotopic (exact) mass is 423 g/mol. The molecule has 142 valence electrons. The van der Waals surface area contributed by atoms with Crippen molar-refractivity contribution >= 4 is 33.2 Å². The van der Waals surface area contributed by atoms with Gasteiger partial charge in [0.2, 0.25) is 0 Å². The Morgan fingerprint density at radius 2 is 1.78 bits per heavy atom. The third-order valence-corrected chi connectivity index (χ3v) is 6.68. The molecule has 0 saturated heterocycles. The van der Waals surface area contributed by atoms with Gasteiger partial charge in [0.15, 0.2) is 15.0 Å². The second kappa shape index (κ2) is 8.77. The van der Waals surface area contributed by atoms with Crippen LogP contribution in [0.3, 0.4) is 0 Å². The summed E-state index contributed by atoms with van der Waals surface area (Å²) in [5, 5.41) is 9.31. The molecule has 1 heterocycles. The number of sulfone groups is 1. The molecule has 0 radical (unpaired) electrons. The number of ether oxygens (including phenoxy) is 1. The maximum Gasteiger partial charge on any atom is 0.191 e. The lowest BCUT2D eigenvalue weighted by Crippen LogP contribution is -2.10. The fourth-order valence-corrected chi connectivity index (χ4v) is 4.59. The summed E-state index contributed by atoms with van der Waals surface area (Å²) in [6, 6.07) is 15.6. The van der Waals surface area contributed by atoms with Gasteiger partial charge in [-0.05, 0) is 24.3 Å². The van der Waals surface area contributed by atoms with Crippen molar-refractivity contribution in [3.8, 4) is 5.75 Å². The lowest BCUT2D eigenvalue weighted by molar-refractivity contribution is 0.344. The molecule has 0 amide bonds. The molecule has 2 aromatic carbocycles. The predicted octanol–water partition coefficient (Wildman–Crippen LogP) is 3.61. The first-order valence-electron chi connectivity index (χ1n) is 8.13. The number of rotatable bonds is 8. The number of benzene rings is 2. The van der Waals surface area contributed by atoms with Gasteiger partial charge in [-0.15, -0.1) is 10.2 Å². The molecule has 1 aromatic heterocycles. The quantitative estimate of drug-likeness (QED) is 0.407. The zero-order chi connectivity index (χ0) is 19.3. The highest BCUT2D eigenvalue weighted by Gasteiger charge is 2.20. The summed E-state index contributed by atoms with van der Waals surface area (Å²) in [5.41, 5.74) is 0. The van der Waals surface area contributed by atoms with Gasteiger partial charge < -0.3 is 9.30 Å². The maximum atomic E-state index is 12.5. The van der Waals surface area contributed by atoms with Gasteiger partial charge in [0.1, 0.15) is 17.3 Å². The summed E-state index contributed by atoms with van der Waals surface area (Å²) >= 11 is 7.49. The van der Waals surface area contributed by atoms with Crippen molar-refractivity contribution in [2.45, 2.75) is 15.8 Å². The Balaban J connectivity index is 1.58. The van der Waals surface area contributed by atoms with Crippen LogP contribution < -0.4 is 4.74 Å². The number of hydrogen-bond acceptors (Lipinski definition) is 6. The Morgan fingerprint density at radius 1 is 1.07 bits per heavy atom. The van der Waals surface area contributed by atoms with E-state index in [0.29, 0.717) is 34.1 Å². The van der Waals surface area contributed by atoms with Crippen LogP contribution in [-0.4, -0.2) is 35.5 Å². The highest BCUT2D eigenvalue weighted by molar-refractivity contribution is 7.99. The third-order valence-electron chi connectivity index (χ3n) is 3.76. The van der Waals surface area contributed by atoms with Crippen LogP contribution >= 0.6 is 23.4 Å². The van der Waals surface area contributed by atoms with E-state index in [2.05, 4.69) is 10.2 Å². The number of thioether (sulfide) groups is 1. The van der Waals surface area contributed by atoms with Gasteiger partial charge in [-0.25, -0.2) is 8.42 Å². The second-order valence-electron chi connectivity index (χ2n) is 5.66. The van der Waals surface area contributed by atoms with Crippen LogP contribution in [0.4, 0.5) is 0 Å². The van der Waals surface area contributed by atoms with E-state index in [0.717, 1.165) is 0 Å². The Labute approximate surface area is 167 Å². The Kier molecular flexibility index (Phi) is 6.41. The fraction of sp³-hybridized carbons (Fsp3) is 0.222. The van der Waals surface area contributed by atoms with E-state index in [-0.39, 0.29) is 10.6 Å². The van der Waals surface area contributed by atoms with Crippen molar-refractivity contribution < 1.29 is 13.2 Å². The summed E-state index contributed by atoms with van der Waals surface area (Å²) in [6.07, 6.45) is 0. The molecular weight excluding hydrogens is 406 g/mol. The van der Waals surface area contributed by atoms with Crippen molar-refractivity contribution in [3.05, 3.63) is 65.4 Å². The van der Waals surface area contributed by atoms with Crippen LogP contribution in [-0.2, 0) is 22.6 Å². The van der Waals surface area contributed by atoms with Gasteiger partial charge in [0.25, 0.3) is 0 Å². The van der Waals surface area contributed by atoms with Crippen molar-refractivity contribution in [1.82, 2.24) is 14.8 Å². The molecule has 0 aliphatic carbocycles. The molecule has 3 rings (SSSR count). The van der Waals surface area contributed by atoms with Gasteiger partial charge in [0.05, 0.1) is 16.5 Å². The molecule has 0 saturated carbocycles. The van der Waals surface area contributed by atoms with E-state index in [9.17, 15) is 8.42 Å². The summed E-state index contributed by atoms with van der Waals surface area (Å²) < 4.78 is 32.3. The predicted molar refractivity (Wildman–Crippen MR) is 106 cm³/mol. The molecule has 9 heteroatoms. The number of halogens is 1. The highest BCUT2D eigenvalue weighted by Crippen LogP contribution is 2.24. The normalized spacial score (nSPS) is 11.5. The number of hydrogen-bond donors (Lipinski definition) is 0. The van der Waals surface area contributed by atoms with E-state index in [1.807, 2.05) is 18.2 Å². The molecule has 0 atom stereocenters. The minimum atomic E-state index is -3.46. The Hall–Kier alpha value is -2.03. The maximum absolute atomic E-state index is 12.5. The zero-order valence-electron chi connectivity index (χ0n) is 14.6. The van der Waals surface area contributed by atoms with E-state index in [1.54, 1.807) is 48.0 Å². The lowest BCUT2D eigenvalue weighted by Gasteiger charge is -2.08. The average Bonchev–Trinajstić information content (AvgIpc) is 3.00. The molecule has 0 N–H and O–H groups in total. The molecular formula is C18H18ClN3O3S2. The van der Waals surface area contributed by atoms with E-state index >= 15 is 0 Å². The molecule has 0 aliphatic heterocycles. The third kappa shape index (κ3) is 5.03. The standard InChI is InChI=1S/C18H18ClN3O3S2/c1-22-17(13-27(23,24)14-7-3-2-4-8-14)20-21-18(22)26-12-11-25-16-10-6-5-9-15(16)19/h2-10H,11-13H2,1H3. The molecule has 0 spiro atoms. The Morgan fingerprint density at radius 3 is 2.52 bits per heavy atom. The van der Waals surface area contributed by atoms with Gasteiger partial charge in [-0.1, -0.05) is 53.7 Å². The lowest BCUT2D eigenvalue weighted by atomic mass is 10.3. The number of nitrogens with zero attached hydrogens (tertiary/aromatic N) is 3. The van der Waals surface area contributed by atoms with Gasteiger partial charge >= 0.3 is 0 Å². The first-order chi connectivity index (χ1) is 13.0. The van der Waals surface area contributed by atoms with Crippen molar-refractivity contribution in [2.24, 2.45) is 7.05 Å². The van der Waals surface area contributed by atoms with Crippen LogP contribution in [0.5, 0.6) is 5.75 Å². The summed E-state index contributed by atoms with van der Waals surface area (Å²) in [5.74, 6) is 1.46. The number of para-hydroxylation sites is 1. The van der Waals surface area contributed by atoms with E-state index in [4.69, 9.17) is 16.3 Å². The van der Waals surface area contributed by atoms with Gasteiger partial charge in [-0.3, -0.25) is 0 Å². The van der Waals surface area contributed by atoms with Crippen LogP contribution in [0.25, 0.3) is 0 Å². The molecule has 3 aromatic rings. The van der Waals surface area contributed by atoms with Crippen LogP contribution in [0, 0.1) is 0 Å². The second-order valence-corrected chi connectivity index (χ2v) is 9.12. The van der Waals surface area contributed by atoms with Gasteiger partial charge in [0, 0.05) is 12.8 Å². The number of aromatic nitrogens is 3. The molecule has 0 unspecified atom stereocenters. The Bertz CT molecular complexity index is 1010. The molecule has 6 nitrogen and oxygen atoms in total. The van der Waals surface area contributed by atoms with Crippen LogP contribution in [0.15, 0.2) is 64.6 Å². The topological polar surface area (TPSA) is 74.1 Å². The van der Waals surface area contributed by atoms with E-state index in [1.165, 1.54) is 11.8 Å². The minimum absolute atomic E-state index is 0.197. The smallest absolute Gasteiger partial charge is 0.191 e. The first kappa shape index (κ1) is 19.7. The van der Waals surface area contributed by atoms with Crippen molar-refractivity contribution in [1.29, 1.82) is 0 Å². The van der Waals surface area contributed by atoms with Gasteiger partial charge in [-0.2, -0.15) is 0 Å².